The molecular weight excluding hydrogens is 388 g/mol. The Kier molecular flexibility index (Phi) is 5.63. The molecule has 0 amide bonds. The van der Waals surface area contributed by atoms with Gasteiger partial charge in [0, 0.05) is 52.8 Å². The van der Waals surface area contributed by atoms with Gasteiger partial charge in [0.15, 0.2) is 0 Å². The molecule has 2 atom stereocenters. The van der Waals surface area contributed by atoms with Gasteiger partial charge in [-0.25, -0.2) is 4.98 Å². The largest absolute Gasteiger partial charge is 0.341 e. The Morgan fingerprint density at radius 1 is 1.03 bits per heavy atom. The molecule has 1 heterocycles. The summed E-state index contributed by atoms with van der Waals surface area (Å²) in [5.74, 6) is 0.611. The predicted molar refractivity (Wildman–Crippen MR) is 125 cm³/mol. The molecule has 3 N–H and O–H groups in total. The summed E-state index contributed by atoms with van der Waals surface area (Å²) in [7, 11) is 0. The van der Waals surface area contributed by atoms with Gasteiger partial charge in [-0.3, -0.25) is 0 Å². The van der Waals surface area contributed by atoms with Crippen LogP contribution in [0, 0.1) is 6.07 Å². The highest BCUT2D eigenvalue weighted by atomic mass is 32.1. The van der Waals surface area contributed by atoms with E-state index in [1.165, 1.54) is 24.1 Å². The van der Waals surface area contributed by atoms with Gasteiger partial charge >= 0.3 is 11.8 Å². The number of hydrogen-bond donors (Lipinski definition) is 2. The van der Waals surface area contributed by atoms with Crippen molar-refractivity contribution in [3.63, 3.8) is 0 Å². The van der Waals surface area contributed by atoms with E-state index in [9.17, 15) is 0 Å². The molecule has 30 heavy (non-hydrogen) atoms. The van der Waals surface area contributed by atoms with Crippen LogP contribution in [0.3, 0.4) is 0 Å². The van der Waals surface area contributed by atoms with Crippen LogP contribution in [0.2, 0.25) is 0 Å². The summed E-state index contributed by atoms with van der Waals surface area (Å²) in [5, 5.41) is 4.92. The minimum absolute atomic E-state index is 0.410. The number of nitrogens with zero attached hydrogens (tertiary/aromatic N) is 2. The van der Waals surface area contributed by atoms with Crippen LogP contribution in [0.4, 0.5) is 5.69 Å². The lowest BCUT2D eigenvalue weighted by atomic mass is 9.92. The van der Waals surface area contributed by atoms with Gasteiger partial charge in [0.25, 0.3) is 0 Å². The Bertz CT molecular complexity index is 1060. The normalized spacial score (nSPS) is 25.4. The van der Waals surface area contributed by atoms with Crippen molar-refractivity contribution in [3.05, 3.63) is 76.1 Å². The molecule has 1 aromatic heterocycles. The van der Waals surface area contributed by atoms with Gasteiger partial charge in [0.1, 0.15) is 10.6 Å². The van der Waals surface area contributed by atoms with E-state index in [1.807, 2.05) is 53.8 Å². The molecule has 0 spiro atoms. The number of rotatable bonds is 4. The van der Waals surface area contributed by atoms with E-state index < -0.39 is 0 Å². The molecule has 5 heteroatoms. The maximum atomic E-state index is 6.03. The molecule has 2 fully saturated rings. The van der Waals surface area contributed by atoms with Gasteiger partial charge in [-0.15, -0.1) is 11.3 Å². The summed E-state index contributed by atoms with van der Waals surface area (Å²) in [5.41, 5.74) is 9.03. The second-order valence-electron chi connectivity index (χ2n) is 8.43. The van der Waals surface area contributed by atoms with E-state index in [4.69, 9.17) is 10.7 Å². The van der Waals surface area contributed by atoms with Crippen molar-refractivity contribution in [3.8, 4) is 16.6 Å². The Morgan fingerprint density at radius 2 is 1.87 bits per heavy atom. The van der Waals surface area contributed by atoms with Crippen molar-refractivity contribution in [2.24, 2.45) is 5.73 Å². The zero-order valence-corrected chi connectivity index (χ0v) is 17.8. The SMILES string of the molecule is N[C@H]1CC[C@H](NC2CC2c2cnc(-c3cccc([N+]#Cc4ccccc4)c3)s2)CC1. The van der Waals surface area contributed by atoms with Crippen molar-refractivity contribution >= 4 is 17.0 Å². The minimum Gasteiger partial charge on any atom is -0.328 e. The molecule has 0 aliphatic heterocycles. The highest BCUT2D eigenvalue weighted by molar-refractivity contribution is 7.15. The first-order chi connectivity index (χ1) is 14.7. The first-order valence-corrected chi connectivity index (χ1v) is 11.7. The Hall–Kier alpha value is -2.52. The van der Waals surface area contributed by atoms with E-state index in [0.717, 1.165) is 34.7 Å². The predicted octanol–water partition coefficient (Wildman–Crippen LogP) is 5.54. The van der Waals surface area contributed by atoms with Crippen LogP contribution in [0.1, 0.15) is 48.5 Å². The zero-order chi connectivity index (χ0) is 20.3. The fourth-order valence-electron chi connectivity index (χ4n) is 4.22. The van der Waals surface area contributed by atoms with Crippen molar-refractivity contribution in [1.29, 1.82) is 0 Å². The second kappa shape index (κ2) is 8.69. The Morgan fingerprint density at radius 3 is 2.70 bits per heavy atom. The van der Waals surface area contributed by atoms with Gasteiger partial charge < -0.3 is 11.1 Å². The number of nitrogens with one attached hydrogen (secondary N) is 1. The van der Waals surface area contributed by atoms with Gasteiger partial charge in [0.05, 0.1) is 0 Å². The first-order valence-electron chi connectivity index (χ1n) is 10.8. The van der Waals surface area contributed by atoms with Crippen LogP contribution in [0.25, 0.3) is 15.4 Å². The number of hydrogen-bond acceptors (Lipinski definition) is 4. The van der Waals surface area contributed by atoms with Crippen molar-refractivity contribution in [1.82, 2.24) is 10.3 Å². The topological polar surface area (TPSA) is 55.3 Å². The molecular formula is C25H27N4S+. The third-order valence-corrected chi connectivity index (χ3v) is 7.26. The van der Waals surface area contributed by atoms with Gasteiger partial charge in [-0.1, -0.05) is 30.3 Å². The number of aromatic nitrogens is 1. The molecule has 4 nitrogen and oxygen atoms in total. The summed E-state index contributed by atoms with van der Waals surface area (Å²) < 4.78 is 0. The van der Waals surface area contributed by atoms with Crippen molar-refractivity contribution < 1.29 is 0 Å². The molecule has 2 aromatic carbocycles. The monoisotopic (exact) mass is 415 g/mol. The Balaban J connectivity index is 1.24. The van der Waals surface area contributed by atoms with Crippen LogP contribution < -0.4 is 11.1 Å². The molecule has 152 valence electrons. The quantitative estimate of drug-likeness (QED) is 0.588. The van der Waals surface area contributed by atoms with Crippen molar-refractivity contribution in [2.45, 2.75) is 56.1 Å². The highest BCUT2D eigenvalue weighted by Gasteiger charge is 2.41. The van der Waals surface area contributed by atoms with Crippen LogP contribution in [-0.2, 0) is 0 Å². The molecule has 2 saturated carbocycles. The molecule has 3 aromatic rings. The molecule has 2 aliphatic rings. The average molecular weight is 416 g/mol. The summed E-state index contributed by atoms with van der Waals surface area (Å²) in [6, 6.07) is 23.0. The van der Waals surface area contributed by atoms with Crippen LogP contribution in [0.15, 0.2) is 60.8 Å². The molecule has 0 radical (unpaired) electrons. The summed E-state index contributed by atoms with van der Waals surface area (Å²) in [6.07, 6.45) is 8.02. The first kappa shape index (κ1) is 19.4. The summed E-state index contributed by atoms with van der Waals surface area (Å²) in [4.78, 5) is 10.6. The Labute approximate surface area is 182 Å². The fourth-order valence-corrected chi connectivity index (χ4v) is 5.31. The van der Waals surface area contributed by atoms with Gasteiger partial charge in [-0.05, 0) is 49.1 Å². The molecule has 5 rings (SSSR count). The van der Waals surface area contributed by atoms with Crippen molar-refractivity contribution in [2.75, 3.05) is 0 Å². The molecule has 2 aliphatic carbocycles. The maximum Gasteiger partial charge on any atom is 0.341 e. The summed E-state index contributed by atoms with van der Waals surface area (Å²) >= 11 is 1.81. The standard InChI is InChI=1S/C25H27N4S/c26-19-9-11-20(12-10-19)29-23-14-22(23)24-16-28-25(30-24)18-7-4-8-21(13-18)27-15-17-5-2-1-3-6-17/h1-8,13,16,19-20,22-23,29H,9-12,14,26H2/q+1/t19-,20-,22?,23?. The third kappa shape index (κ3) is 4.62. The molecule has 0 bridgehead atoms. The van der Waals surface area contributed by atoms with Crippen LogP contribution >= 0.6 is 11.3 Å². The van der Waals surface area contributed by atoms with E-state index in [1.54, 1.807) is 0 Å². The molecule has 2 unspecified atom stereocenters. The lowest BCUT2D eigenvalue weighted by Crippen LogP contribution is -2.38. The second-order valence-corrected chi connectivity index (χ2v) is 9.50. The lowest BCUT2D eigenvalue weighted by Gasteiger charge is -2.27. The average Bonchev–Trinajstić information content (AvgIpc) is 3.37. The maximum absolute atomic E-state index is 6.03. The van der Waals surface area contributed by atoms with Crippen LogP contribution in [-0.4, -0.2) is 23.1 Å². The summed E-state index contributed by atoms with van der Waals surface area (Å²) in [6.45, 7) is 0. The highest BCUT2D eigenvalue weighted by Crippen LogP contribution is 2.45. The number of nitrogens with two attached hydrogens (primary N) is 1. The lowest BCUT2D eigenvalue weighted by molar-refractivity contribution is 0.340. The number of thiazole rings is 1. The van der Waals surface area contributed by atoms with Crippen LogP contribution in [0.5, 0.6) is 0 Å². The third-order valence-electron chi connectivity index (χ3n) is 6.08. The van der Waals surface area contributed by atoms with Gasteiger partial charge in [0.2, 0.25) is 0 Å². The van der Waals surface area contributed by atoms with Gasteiger partial charge in [-0.2, -0.15) is 0 Å². The smallest absolute Gasteiger partial charge is 0.328 e. The van der Waals surface area contributed by atoms with E-state index in [2.05, 4.69) is 34.6 Å². The number of benzene rings is 2. The molecule has 0 saturated heterocycles. The van der Waals surface area contributed by atoms with E-state index >= 15 is 0 Å². The van der Waals surface area contributed by atoms with E-state index in [-0.39, 0.29) is 0 Å². The minimum atomic E-state index is 0.410. The fraction of sp³-hybridized carbons (Fsp3) is 0.360. The van der Waals surface area contributed by atoms with E-state index in [0.29, 0.717) is 24.0 Å². The zero-order valence-electron chi connectivity index (χ0n) is 17.0.